The smallest absolute Gasteiger partial charge is 0.251 e. The van der Waals surface area contributed by atoms with Crippen LogP contribution in [0.3, 0.4) is 0 Å². The molecule has 0 aliphatic heterocycles. The molecule has 2 aromatic rings. The third kappa shape index (κ3) is 4.98. The summed E-state index contributed by atoms with van der Waals surface area (Å²) in [6.07, 6.45) is -0.831. The van der Waals surface area contributed by atoms with Crippen molar-refractivity contribution in [2.24, 2.45) is 10.2 Å². The second kappa shape index (κ2) is 8.17. The maximum atomic E-state index is 12.0. The van der Waals surface area contributed by atoms with Crippen molar-refractivity contribution >= 4 is 17.3 Å². The Kier molecular flexibility index (Phi) is 5.96. The zero-order valence-electron chi connectivity index (χ0n) is 12.8. The molecule has 0 unspecified atom stereocenters. The van der Waals surface area contributed by atoms with Crippen LogP contribution in [0.25, 0.3) is 0 Å². The molecular formula is C17H19N3O3. The van der Waals surface area contributed by atoms with Crippen LogP contribution >= 0.6 is 0 Å². The van der Waals surface area contributed by atoms with E-state index >= 15 is 0 Å². The lowest BCUT2D eigenvalue weighted by molar-refractivity contribution is 0.0758. The highest BCUT2D eigenvalue weighted by Gasteiger charge is 2.17. The first-order chi connectivity index (χ1) is 11.1. The standard InChI is InChI=1S/C17H19N3O3/c1-12(22)16(11-21)18-17(23)13-7-9-15(10-8-13)20-19-14-5-3-2-4-6-14/h2-10,12,16,21-22H,11H2,1H3,(H,18,23)/t12-,16-/m1/s1. The number of hydrogen-bond donors (Lipinski definition) is 3. The van der Waals surface area contributed by atoms with Gasteiger partial charge in [0.1, 0.15) is 0 Å². The van der Waals surface area contributed by atoms with Gasteiger partial charge in [-0.2, -0.15) is 10.2 Å². The fourth-order valence-corrected chi connectivity index (χ4v) is 1.86. The minimum atomic E-state index is -0.831. The van der Waals surface area contributed by atoms with Crippen LogP contribution in [-0.2, 0) is 0 Å². The third-order valence-electron chi connectivity index (χ3n) is 3.26. The van der Waals surface area contributed by atoms with Crippen molar-refractivity contribution in [1.82, 2.24) is 5.32 Å². The first-order valence-corrected chi connectivity index (χ1v) is 7.27. The van der Waals surface area contributed by atoms with Crippen molar-refractivity contribution in [1.29, 1.82) is 0 Å². The minimum Gasteiger partial charge on any atom is -0.394 e. The van der Waals surface area contributed by atoms with E-state index in [2.05, 4.69) is 15.5 Å². The van der Waals surface area contributed by atoms with Gasteiger partial charge in [-0.05, 0) is 43.3 Å². The number of amides is 1. The highest BCUT2D eigenvalue weighted by atomic mass is 16.3. The molecule has 0 bridgehead atoms. The number of azo groups is 1. The summed E-state index contributed by atoms with van der Waals surface area (Å²) in [5, 5.41) is 29.3. The van der Waals surface area contributed by atoms with Crippen molar-refractivity contribution in [3.63, 3.8) is 0 Å². The predicted molar refractivity (Wildman–Crippen MR) is 87.1 cm³/mol. The Morgan fingerprint density at radius 1 is 1.04 bits per heavy atom. The van der Waals surface area contributed by atoms with Crippen LogP contribution in [-0.4, -0.2) is 34.9 Å². The van der Waals surface area contributed by atoms with Gasteiger partial charge in [0.15, 0.2) is 0 Å². The van der Waals surface area contributed by atoms with Crippen LogP contribution in [0.1, 0.15) is 17.3 Å². The van der Waals surface area contributed by atoms with E-state index in [-0.39, 0.29) is 12.5 Å². The van der Waals surface area contributed by atoms with Gasteiger partial charge < -0.3 is 15.5 Å². The van der Waals surface area contributed by atoms with E-state index in [1.807, 2.05) is 30.3 Å². The number of aliphatic hydroxyl groups excluding tert-OH is 2. The van der Waals surface area contributed by atoms with E-state index < -0.39 is 12.1 Å². The molecule has 0 spiro atoms. The molecule has 2 aromatic carbocycles. The van der Waals surface area contributed by atoms with Gasteiger partial charge in [0.05, 0.1) is 30.1 Å². The molecule has 23 heavy (non-hydrogen) atoms. The molecule has 0 radical (unpaired) electrons. The average Bonchev–Trinajstić information content (AvgIpc) is 2.58. The molecule has 0 saturated carbocycles. The Balaban J connectivity index is 2.01. The minimum absolute atomic E-state index is 0.327. The Bertz CT molecular complexity index is 655. The molecule has 0 aliphatic carbocycles. The van der Waals surface area contributed by atoms with Crippen molar-refractivity contribution < 1.29 is 15.0 Å². The monoisotopic (exact) mass is 313 g/mol. The summed E-state index contributed by atoms with van der Waals surface area (Å²) in [7, 11) is 0. The quantitative estimate of drug-likeness (QED) is 0.715. The van der Waals surface area contributed by atoms with E-state index in [9.17, 15) is 9.90 Å². The summed E-state index contributed by atoms with van der Waals surface area (Å²) in [5.41, 5.74) is 1.79. The fraction of sp³-hybridized carbons (Fsp3) is 0.235. The lowest BCUT2D eigenvalue weighted by atomic mass is 10.1. The van der Waals surface area contributed by atoms with E-state index in [4.69, 9.17) is 5.11 Å². The molecule has 3 N–H and O–H groups in total. The number of aliphatic hydroxyl groups is 2. The molecule has 1 amide bonds. The van der Waals surface area contributed by atoms with Crippen LogP contribution in [0, 0.1) is 0 Å². The van der Waals surface area contributed by atoms with E-state index in [0.717, 1.165) is 5.69 Å². The number of carbonyl (C=O) groups is 1. The van der Waals surface area contributed by atoms with Crippen LogP contribution in [0.4, 0.5) is 11.4 Å². The largest absolute Gasteiger partial charge is 0.394 e. The van der Waals surface area contributed by atoms with Crippen LogP contribution in [0.5, 0.6) is 0 Å². The fourth-order valence-electron chi connectivity index (χ4n) is 1.86. The van der Waals surface area contributed by atoms with Crippen LogP contribution in [0.15, 0.2) is 64.8 Å². The van der Waals surface area contributed by atoms with Crippen molar-refractivity contribution in [2.45, 2.75) is 19.1 Å². The van der Waals surface area contributed by atoms with Gasteiger partial charge in [0, 0.05) is 5.56 Å². The number of nitrogens with zero attached hydrogens (tertiary/aromatic N) is 2. The molecule has 6 nitrogen and oxygen atoms in total. The first kappa shape index (κ1) is 16.8. The molecule has 0 saturated heterocycles. The maximum Gasteiger partial charge on any atom is 0.251 e. The Labute approximate surface area is 134 Å². The summed E-state index contributed by atoms with van der Waals surface area (Å²) in [6, 6.07) is 15.2. The van der Waals surface area contributed by atoms with Gasteiger partial charge in [-0.1, -0.05) is 18.2 Å². The van der Waals surface area contributed by atoms with E-state index in [0.29, 0.717) is 11.3 Å². The summed E-state index contributed by atoms with van der Waals surface area (Å²) < 4.78 is 0. The highest BCUT2D eigenvalue weighted by molar-refractivity contribution is 5.94. The SMILES string of the molecule is C[C@@H](O)[C@@H](CO)NC(=O)c1ccc(N=Nc2ccccc2)cc1. The van der Waals surface area contributed by atoms with Gasteiger partial charge in [-0.15, -0.1) is 0 Å². The first-order valence-electron chi connectivity index (χ1n) is 7.27. The normalized spacial score (nSPS) is 13.7. The number of nitrogens with one attached hydrogen (secondary N) is 1. The average molecular weight is 313 g/mol. The molecule has 120 valence electrons. The second-order valence-electron chi connectivity index (χ2n) is 5.09. The molecule has 0 fully saturated rings. The molecule has 0 aliphatic rings. The second-order valence-corrected chi connectivity index (χ2v) is 5.09. The predicted octanol–water partition coefficient (Wildman–Crippen LogP) is 2.57. The lowest BCUT2D eigenvalue weighted by Gasteiger charge is -2.18. The Hall–Kier alpha value is -2.57. The summed E-state index contributed by atoms with van der Waals surface area (Å²) in [5.74, 6) is -0.364. The number of hydrogen-bond acceptors (Lipinski definition) is 5. The molecule has 2 atom stereocenters. The van der Waals surface area contributed by atoms with Crippen molar-refractivity contribution in [3.05, 3.63) is 60.2 Å². The van der Waals surface area contributed by atoms with Gasteiger partial charge in [0.2, 0.25) is 0 Å². The number of rotatable bonds is 6. The van der Waals surface area contributed by atoms with Gasteiger partial charge in [-0.25, -0.2) is 0 Å². The molecule has 0 aromatic heterocycles. The van der Waals surface area contributed by atoms with Crippen molar-refractivity contribution in [2.75, 3.05) is 6.61 Å². The third-order valence-corrected chi connectivity index (χ3v) is 3.26. The highest BCUT2D eigenvalue weighted by Crippen LogP contribution is 2.18. The topological polar surface area (TPSA) is 94.3 Å². The number of benzene rings is 2. The maximum absolute atomic E-state index is 12.0. The molecular weight excluding hydrogens is 294 g/mol. The van der Waals surface area contributed by atoms with Crippen LogP contribution in [0.2, 0.25) is 0 Å². The summed E-state index contributed by atoms with van der Waals surface area (Å²) in [4.78, 5) is 12.0. The molecule has 0 heterocycles. The summed E-state index contributed by atoms with van der Waals surface area (Å²) >= 11 is 0. The van der Waals surface area contributed by atoms with Gasteiger partial charge in [0.25, 0.3) is 5.91 Å². The Morgan fingerprint density at radius 3 is 2.13 bits per heavy atom. The van der Waals surface area contributed by atoms with E-state index in [1.54, 1.807) is 24.3 Å². The zero-order chi connectivity index (χ0) is 16.7. The van der Waals surface area contributed by atoms with Crippen LogP contribution < -0.4 is 5.32 Å². The van der Waals surface area contributed by atoms with E-state index in [1.165, 1.54) is 6.92 Å². The van der Waals surface area contributed by atoms with Crippen molar-refractivity contribution in [3.8, 4) is 0 Å². The molecule has 6 heteroatoms. The number of carbonyl (C=O) groups excluding carboxylic acids is 1. The Morgan fingerprint density at radius 2 is 1.61 bits per heavy atom. The lowest BCUT2D eigenvalue weighted by Crippen LogP contribution is -2.44. The van der Waals surface area contributed by atoms with Gasteiger partial charge >= 0.3 is 0 Å². The molecule has 2 rings (SSSR count). The summed E-state index contributed by atoms with van der Waals surface area (Å²) in [6.45, 7) is 1.18. The zero-order valence-corrected chi connectivity index (χ0v) is 12.8. The van der Waals surface area contributed by atoms with Gasteiger partial charge in [-0.3, -0.25) is 4.79 Å².